The molecule has 1 saturated heterocycles. The number of hydrogen-bond donors (Lipinski definition) is 0. The second-order valence-electron chi connectivity index (χ2n) is 5.10. The first-order valence-corrected chi connectivity index (χ1v) is 7.70. The van der Waals surface area contributed by atoms with Gasteiger partial charge in [-0.3, -0.25) is 4.90 Å². The highest BCUT2D eigenvalue weighted by molar-refractivity contribution is 7.98. The predicted molar refractivity (Wildman–Crippen MR) is 76.8 cm³/mol. The molecule has 0 aromatic heterocycles. The van der Waals surface area contributed by atoms with Gasteiger partial charge in [0.1, 0.15) is 5.54 Å². The van der Waals surface area contributed by atoms with Crippen molar-refractivity contribution in [2.45, 2.75) is 36.6 Å². The van der Waals surface area contributed by atoms with Gasteiger partial charge in [-0.25, -0.2) is 0 Å². The average Bonchev–Trinajstić information content (AvgIpc) is 2.94. The Hall–Kier alpha value is -0.980. The van der Waals surface area contributed by atoms with Gasteiger partial charge in [0.25, 0.3) is 0 Å². The number of benzene rings is 1. The summed E-state index contributed by atoms with van der Waals surface area (Å²) in [6, 6.07) is 11.1. The smallest absolute Gasteiger partial charge is 0.110 e. The molecule has 0 radical (unpaired) electrons. The maximum absolute atomic E-state index is 9.51. The molecule has 1 aromatic carbocycles. The third kappa shape index (κ3) is 2.88. The van der Waals surface area contributed by atoms with Gasteiger partial charge in [0.15, 0.2) is 0 Å². The van der Waals surface area contributed by atoms with Crippen molar-refractivity contribution in [2.24, 2.45) is 0 Å². The molecule has 0 spiro atoms. The molecule has 0 amide bonds. The first kappa shape index (κ1) is 13.5. The first-order chi connectivity index (χ1) is 8.68. The van der Waals surface area contributed by atoms with Crippen LogP contribution in [0.3, 0.4) is 0 Å². The van der Waals surface area contributed by atoms with Gasteiger partial charge in [-0.15, -0.1) is 11.8 Å². The fourth-order valence-corrected chi connectivity index (χ4v) is 2.98. The molecule has 3 heteroatoms. The molecule has 0 N–H and O–H groups in total. The van der Waals surface area contributed by atoms with Crippen LogP contribution >= 0.6 is 11.8 Å². The topological polar surface area (TPSA) is 27.0 Å². The lowest BCUT2D eigenvalue weighted by Gasteiger charge is -2.32. The van der Waals surface area contributed by atoms with E-state index in [1.165, 1.54) is 23.3 Å². The lowest BCUT2D eigenvalue weighted by Crippen LogP contribution is -2.45. The third-order valence-corrected chi connectivity index (χ3v) is 4.50. The summed E-state index contributed by atoms with van der Waals surface area (Å²) in [6.45, 7) is 4.20. The highest BCUT2D eigenvalue weighted by atomic mass is 32.2. The van der Waals surface area contributed by atoms with Gasteiger partial charge in [-0.2, -0.15) is 5.26 Å². The molecule has 0 bridgehead atoms. The van der Waals surface area contributed by atoms with E-state index in [1.54, 1.807) is 11.8 Å². The maximum atomic E-state index is 9.51. The van der Waals surface area contributed by atoms with E-state index in [0.29, 0.717) is 0 Å². The van der Waals surface area contributed by atoms with Crippen molar-refractivity contribution in [1.29, 1.82) is 5.26 Å². The Balaban J connectivity index is 2.11. The summed E-state index contributed by atoms with van der Waals surface area (Å²) >= 11 is 1.75. The zero-order valence-electron chi connectivity index (χ0n) is 11.1. The second kappa shape index (κ2) is 5.77. The molecule has 1 heterocycles. The van der Waals surface area contributed by atoms with Gasteiger partial charge in [0.2, 0.25) is 0 Å². The van der Waals surface area contributed by atoms with Gasteiger partial charge in [0, 0.05) is 11.3 Å². The fourth-order valence-electron chi connectivity index (χ4n) is 2.57. The molecule has 2 rings (SSSR count). The van der Waals surface area contributed by atoms with Crippen molar-refractivity contribution >= 4 is 11.8 Å². The zero-order chi connectivity index (χ0) is 13.0. The van der Waals surface area contributed by atoms with Crippen molar-refractivity contribution in [3.05, 3.63) is 29.8 Å². The summed E-state index contributed by atoms with van der Waals surface area (Å²) in [7, 11) is 0. The molecule has 1 aromatic rings. The Morgan fingerprint density at radius 3 is 2.39 bits per heavy atom. The number of rotatable bonds is 4. The van der Waals surface area contributed by atoms with E-state index in [4.69, 9.17) is 0 Å². The van der Waals surface area contributed by atoms with Crippen molar-refractivity contribution in [3.63, 3.8) is 0 Å². The monoisotopic (exact) mass is 260 g/mol. The van der Waals surface area contributed by atoms with Crippen LogP contribution < -0.4 is 0 Å². The van der Waals surface area contributed by atoms with Crippen molar-refractivity contribution in [2.75, 3.05) is 19.3 Å². The Morgan fingerprint density at radius 2 is 1.89 bits per heavy atom. The van der Waals surface area contributed by atoms with E-state index < -0.39 is 0 Å². The minimum atomic E-state index is -0.350. The molecule has 96 valence electrons. The largest absolute Gasteiger partial charge is 0.285 e. The van der Waals surface area contributed by atoms with Crippen molar-refractivity contribution < 1.29 is 0 Å². The Kier molecular flexibility index (Phi) is 4.31. The van der Waals surface area contributed by atoms with E-state index in [2.05, 4.69) is 48.4 Å². The van der Waals surface area contributed by atoms with E-state index >= 15 is 0 Å². The van der Waals surface area contributed by atoms with Gasteiger partial charge >= 0.3 is 0 Å². The van der Waals surface area contributed by atoms with Crippen LogP contribution in [0, 0.1) is 11.3 Å². The molecular formula is C15H20N2S. The molecule has 1 unspecified atom stereocenters. The Morgan fingerprint density at radius 1 is 1.28 bits per heavy atom. The second-order valence-corrected chi connectivity index (χ2v) is 5.98. The molecular weight excluding hydrogens is 240 g/mol. The van der Waals surface area contributed by atoms with Gasteiger partial charge < -0.3 is 0 Å². The van der Waals surface area contributed by atoms with Crippen LogP contribution in [0.4, 0.5) is 0 Å². The number of hydrogen-bond acceptors (Lipinski definition) is 3. The van der Waals surface area contributed by atoms with Crippen molar-refractivity contribution in [1.82, 2.24) is 4.90 Å². The highest BCUT2D eigenvalue weighted by Crippen LogP contribution is 2.25. The molecule has 2 nitrogen and oxygen atoms in total. The number of nitrogens with zero attached hydrogens (tertiary/aromatic N) is 2. The standard InChI is InChI=1S/C15H20N2S/c1-15(12-16,17-9-3-4-10-17)11-13-5-7-14(18-2)8-6-13/h5-8H,3-4,9-11H2,1-2H3. The van der Waals surface area contributed by atoms with Gasteiger partial charge in [0.05, 0.1) is 6.07 Å². The summed E-state index contributed by atoms with van der Waals surface area (Å²) in [6.07, 6.45) is 5.35. The van der Waals surface area contributed by atoms with Crippen molar-refractivity contribution in [3.8, 4) is 6.07 Å². The number of likely N-dealkylation sites (tertiary alicyclic amines) is 1. The zero-order valence-corrected chi connectivity index (χ0v) is 12.0. The van der Waals surface area contributed by atoms with Crippen LogP contribution in [0.1, 0.15) is 25.3 Å². The van der Waals surface area contributed by atoms with E-state index in [1.807, 2.05) is 0 Å². The van der Waals surface area contributed by atoms with Gasteiger partial charge in [-0.05, 0) is 56.8 Å². The Bertz CT molecular complexity index is 429. The molecule has 1 aliphatic heterocycles. The van der Waals surface area contributed by atoms with Crippen LogP contribution in [-0.4, -0.2) is 29.8 Å². The van der Waals surface area contributed by atoms with Crippen LogP contribution in [0.2, 0.25) is 0 Å². The maximum Gasteiger partial charge on any atom is 0.110 e. The van der Waals surface area contributed by atoms with E-state index in [0.717, 1.165) is 19.5 Å². The molecule has 1 aliphatic rings. The summed E-state index contributed by atoms with van der Waals surface area (Å²) < 4.78 is 0. The predicted octanol–water partition coefficient (Wildman–Crippen LogP) is 3.33. The molecule has 0 aliphatic carbocycles. The quantitative estimate of drug-likeness (QED) is 0.777. The summed E-state index contributed by atoms with van der Waals surface area (Å²) in [5.74, 6) is 0. The van der Waals surface area contributed by atoms with Crippen LogP contribution in [-0.2, 0) is 6.42 Å². The fraction of sp³-hybridized carbons (Fsp3) is 0.533. The summed E-state index contributed by atoms with van der Waals surface area (Å²) in [5.41, 5.74) is 0.904. The van der Waals surface area contributed by atoms with Crippen LogP contribution in [0.15, 0.2) is 29.2 Å². The third-order valence-electron chi connectivity index (χ3n) is 3.75. The van der Waals surface area contributed by atoms with Crippen LogP contribution in [0.25, 0.3) is 0 Å². The summed E-state index contributed by atoms with van der Waals surface area (Å²) in [5, 5.41) is 9.51. The first-order valence-electron chi connectivity index (χ1n) is 6.47. The normalized spacial score (nSPS) is 19.4. The minimum absolute atomic E-state index is 0.350. The SMILES string of the molecule is CSc1ccc(CC(C)(C#N)N2CCCC2)cc1. The van der Waals surface area contributed by atoms with E-state index in [9.17, 15) is 5.26 Å². The minimum Gasteiger partial charge on any atom is -0.285 e. The number of nitriles is 1. The number of thioether (sulfide) groups is 1. The summed E-state index contributed by atoms with van der Waals surface area (Å²) in [4.78, 5) is 3.61. The molecule has 0 saturated carbocycles. The molecule has 1 atom stereocenters. The van der Waals surface area contributed by atoms with Gasteiger partial charge in [-0.1, -0.05) is 12.1 Å². The van der Waals surface area contributed by atoms with Crippen LogP contribution in [0.5, 0.6) is 0 Å². The lowest BCUT2D eigenvalue weighted by atomic mass is 9.92. The molecule has 1 fully saturated rings. The lowest BCUT2D eigenvalue weighted by molar-refractivity contribution is 0.191. The molecule has 18 heavy (non-hydrogen) atoms. The van der Waals surface area contributed by atoms with E-state index in [-0.39, 0.29) is 5.54 Å². The highest BCUT2D eigenvalue weighted by Gasteiger charge is 2.33. The average molecular weight is 260 g/mol. The Labute approximate surface area is 114 Å².